The third-order valence-electron chi connectivity index (χ3n) is 5.76. The first-order valence-electron chi connectivity index (χ1n) is 9.41. The first kappa shape index (κ1) is 16.3. The van der Waals surface area contributed by atoms with E-state index in [9.17, 15) is 4.79 Å². The molecule has 2 fully saturated rings. The number of hydrogen-bond acceptors (Lipinski definition) is 4. The minimum atomic E-state index is 0.0133. The highest BCUT2D eigenvalue weighted by atomic mass is 16.2. The highest BCUT2D eigenvalue weighted by molar-refractivity contribution is 5.93. The molecule has 25 heavy (non-hydrogen) atoms. The van der Waals surface area contributed by atoms with Gasteiger partial charge in [-0.3, -0.25) is 9.89 Å². The summed E-state index contributed by atoms with van der Waals surface area (Å²) in [6.07, 6.45) is 9.01. The van der Waals surface area contributed by atoms with E-state index in [1.54, 1.807) is 6.20 Å². The van der Waals surface area contributed by atoms with E-state index in [0.717, 1.165) is 43.9 Å². The first-order chi connectivity index (χ1) is 12.2. The maximum Gasteiger partial charge on any atom is 0.276 e. The van der Waals surface area contributed by atoms with Crippen LogP contribution >= 0.6 is 0 Å². The summed E-state index contributed by atoms with van der Waals surface area (Å²) >= 11 is 0. The fourth-order valence-electron chi connectivity index (χ4n) is 4.23. The fraction of sp³-hybridized carbons (Fsp3) is 0.667. The average molecular weight is 342 g/mol. The lowest BCUT2D eigenvalue weighted by Gasteiger charge is -2.31. The van der Waals surface area contributed by atoms with E-state index >= 15 is 0 Å². The Hall–Kier alpha value is -2.18. The standard InChI is InChI=1S/C18H26N6O/c1-13-17(21-22-24(13)11-14-5-2-3-6-14)18(25)23-10-4-7-15(12-23)16-8-9-19-20-16/h8-9,14-15H,2-7,10-12H2,1H3,(H,19,20). The Balaban J connectivity index is 1.46. The van der Waals surface area contributed by atoms with Crippen molar-refractivity contribution in [3.8, 4) is 0 Å². The van der Waals surface area contributed by atoms with Crippen LogP contribution in [-0.4, -0.2) is 49.1 Å². The molecule has 2 aliphatic rings. The van der Waals surface area contributed by atoms with Gasteiger partial charge in [0.25, 0.3) is 5.91 Å². The molecule has 4 rings (SSSR count). The molecule has 2 aromatic heterocycles. The molecule has 1 unspecified atom stereocenters. The van der Waals surface area contributed by atoms with Crippen LogP contribution in [0.2, 0.25) is 0 Å². The highest BCUT2D eigenvalue weighted by Gasteiger charge is 2.29. The van der Waals surface area contributed by atoms with E-state index in [-0.39, 0.29) is 5.91 Å². The van der Waals surface area contributed by atoms with Crippen molar-refractivity contribution in [2.45, 2.75) is 57.9 Å². The number of rotatable bonds is 4. The first-order valence-corrected chi connectivity index (χ1v) is 9.41. The predicted molar refractivity (Wildman–Crippen MR) is 93.2 cm³/mol. The zero-order valence-corrected chi connectivity index (χ0v) is 14.8. The lowest BCUT2D eigenvalue weighted by molar-refractivity contribution is 0.0699. The minimum absolute atomic E-state index is 0.0133. The van der Waals surface area contributed by atoms with Gasteiger partial charge in [-0.2, -0.15) is 5.10 Å². The normalized spacial score (nSPS) is 21.8. The molecule has 0 radical (unpaired) electrons. The van der Waals surface area contributed by atoms with Gasteiger partial charge in [0.1, 0.15) is 0 Å². The van der Waals surface area contributed by atoms with Gasteiger partial charge in [-0.25, -0.2) is 4.68 Å². The van der Waals surface area contributed by atoms with Crippen molar-refractivity contribution in [2.24, 2.45) is 5.92 Å². The maximum atomic E-state index is 13.0. The van der Waals surface area contributed by atoms with Crippen molar-refractivity contribution in [1.29, 1.82) is 0 Å². The van der Waals surface area contributed by atoms with Crippen LogP contribution in [0.5, 0.6) is 0 Å². The second-order valence-corrected chi connectivity index (χ2v) is 7.46. The van der Waals surface area contributed by atoms with Crippen LogP contribution < -0.4 is 0 Å². The van der Waals surface area contributed by atoms with Gasteiger partial charge < -0.3 is 4.90 Å². The number of hydrogen-bond donors (Lipinski definition) is 1. The SMILES string of the molecule is Cc1c(C(=O)N2CCCC(c3ccn[nH]3)C2)nnn1CC1CCCC1. The molecule has 1 aliphatic carbocycles. The Morgan fingerprint density at radius 3 is 2.88 bits per heavy atom. The van der Waals surface area contributed by atoms with Crippen LogP contribution in [0.3, 0.4) is 0 Å². The molecular formula is C18H26N6O. The number of aromatic nitrogens is 5. The van der Waals surface area contributed by atoms with Gasteiger partial charge in [0.2, 0.25) is 0 Å². The molecule has 0 spiro atoms. The Bertz CT molecular complexity index is 716. The van der Waals surface area contributed by atoms with Crippen molar-refractivity contribution < 1.29 is 4.79 Å². The van der Waals surface area contributed by atoms with Crippen molar-refractivity contribution in [3.63, 3.8) is 0 Å². The molecule has 0 bridgehead atoms. The number of carbonyl (C=O) groups is 1. The molecule has 134 valence electrons. The molecule has 0 aromatic carbocycles. The molecule has 1 N–H and O–H groups in total. The smallest absolute Gasteiger partial charge is 0.276 e. The molecule has 1 aliphatic heterocycles. The number of nitrogens with one attached hydrogen (secondary N) is 1. The molecule has 2 aromatic rings. The van der Waals surface area contributed by atoms with E-state index in [1.807, 2.05) is 22.6 Å². The van der Waals surface area contributed by atoms with Gasteiger partial charge in [0, 0.05) is 37.4 Å². The van der Waals surface area contributed by atoms with E-state index in [2.05, 4.69) is 20.5 Å². The zero-order valence-electron chi connectivity index (χ0n) is 14.8. The quantitative estimate of drug-likeness (QED) is 0.926. The van der Waals surface area contributed by atoms with E-state index in [4.69, 9.17) is 0 Å². The highest BCUT2D eigenvalue weighted by Crippen LogP contribution is 2.28. The number of nitrogens with zero attached hydrogens (tertiary/aromatic N) is 5. The third kappa shape index (κ3) is 3.32. The lowest BCUT2D eigenvalue weighted by atomic mass is 9.94. The molecule has 1 saturated heterocycles. The Kier molecular flexibility index (Phi) is 4.55. The zero-order chi connectivity index (χ0) is 17.2. The Morgan fingerprint density at radius 1 is 1.28 bits per heavy atom. The molecule has 3 heterocycles. The average Bonchev–Trinajstić information content (AvgIpc) is 3.38. The lowest BCUT2D eigenvalue weighted by Crippen LogP contribution is -2.39. The van der Waals surface area contributed by atoms with Crippen LogP contribution in [0, 0.1) is 12.8 Å². The molecule has 1 saturated carbocycles. The van der Waals surface area contributed by atoms with Gasteiger partial charge in [-0.1, -0.05) is 18.1 Å². The summed E-state index contributed by atoms with van der Waals surface area (Å²) in [4.78, 5) is 14.9. The Labute approximate surface area is 147 Å². The van der Waals surface area contributed by atoms with Crippen LogP contribution in [0.4, 0.5) is 0 Å². The van der Waals surface area contributed by atoms with Gasteiger partial charge in [0.15, 0.2) is 5.69 Å². The second kappa shape index (κ2) is 6.98. The van der Waals surface area contributed by atoms with E-state index in [0.29, 0.717) is 17.5 Å². The fourth-order valence-corrected chi connectivity index (χ4v) is 4.23. The molecular weight excluding hydrogens is 316 g/mol. The van der Waals surface area contributed by atoms with Crippen LogP contribution in [0.25, 0.3) is 0 Å². The van der Waals surface area contributed by atoms with Crippen molar-refractivity contribution in [1.82, 2.24) is 30.1 Å². The summed E-state index contributed by atoms with van der Waals surface area (Å²) in [5, 5.41) is 15.6. The number of aromatic amines is 1. The molecule has 1 amide bonds. The maximum absolute atomic E-state index is 13.0. The third-order valence-corrected chi connectivity index (χ3v) is 5.76. The second-order valence-electron chi connectivity index (χ2n) is 7.46. The van der Waals surface area contributed by atoms with Crippen LogP contribution in [0.15, 0.2) is 12.3 Å². The number of carbonyl (C=O) groups excluding carboxylic acids is 1. The summed E-state index contributed by atoms with van der Waals surface area (Å²) in [5.41, 5.74) is 2.53. The monoisotopic (exact) mass is 342 g/mol. The molecule has 7 nitrogen and oxygen atoms in total. The van der Waals surface area contributed by atoms with Crippen molar-refractivity contribution in [2.75, 3.05) is 13.1 Å². The minimum Gasteiger partial charge on any atom is -0.337 e. The summed E-state index contributed by atoms with van der Waals surface area (Å²) in [6, 6.07) is 2.00. The predicted octanol–water partition coefficient (Wildman–Crippen LogP) is 2.52. The largest absolute Gasteiger partial charge is 0.337 e. The van der Waals surface area contributed by atoms with Gasteiger partial charge in [-0.15, -0.1) is 5.10 Å². The van der Waals surface area contributed by atoms with Gasteiger partial charge in [-0.05, 0) is 44.6 Å². The van der Waals surface area contributed by atoms with Crippen LogP contribution in [-0.2, 0) is 6.54 Å². The summed E-state index contributed by atoms with van der Waals surface area (Å²) in [7, 11) is 0. The van der Waals surface area contributed by atoms with E-state index < -0.39 is 0 Å². The van der Waals surface area contributed by atoms with Crippen molar-refractivity contribution in [3.05, 3.63) is 29.3 Å². The summed E-state index contributed by atoms with van der Waals surface area (Å²) in [6.45, 7) is 4.37. The number of piperidine rings is 1. The molecule has 1 atom stereocenters. The van der Waals surface area contributed by atoms with Crippen LogP contribution in [0.1, 0.15) is 66.3 Å². The molecule has 7 heteroatoms. The van der Waals surface area contributed by atoms with Gasteiger partial charge >= 0.3 is 0 Å². The van der Waals surface area contributed by atoms with E-state index in [1.165, 1.54) is 25.7 Å². The topological polar surface area (TPSA) is 79.7 Å². The summed E-state index contributed by atoms with van der Waals surface area (Å²) in [5.74, 6) is 1.02. The Morgan fingerprint density at radius 2 is 2.12 bits per heavy atom. The number of H-pyrrole nitrogens is 1. The number of amides is 1. The van der Waals surface area contributed by atoms with Crippen molar-refractivity contribution >= 4 is 5.91 Å². The summed E-state index contributed by atoms with van der Waals surface area (Å²) < 4.78 is 1.93. The number of likely N-dealkylation sites (tertiary alicyclic amines) is 1. The van der Waals surface area contributed by atoms with Gasteiger partial charge in [0.05, 0.1) is 5.69 Å².